The summed E-state index contributed by atoms with van der Waals surface area (Å²) in [5.74, 6) is 0.345. The zero-order chi connectivity index (χ0) is 14.2. The van der Waals surface area contributed by atoms with Crippen molar-refractivity contribution in [3.8, 4) is 11.3 Å². The Hall–Kier alpha value is -2.00. The second kappa shape index (κ2) is 5.08. The van der Waals surface area contributed by atoms with Crippen LogP contribution in [0.15, 0.2) is 59.2 Å². The fourth-order valence-corrected chi connectivity index (χ4v) is 3.49. The van der Waals surface area contributed by atoms with Gasteiger partial charge in [-0.25, -0.2) is 9.97 Å². The molecule has 21 heavy (non-hydrogen) atoms. The quantitative estimate of drug-likeness (QED) is 0.658. The fraction of sp³-hybridized carbons (Fsp3) is 0.111. The molecule has 0 aliphatic heterocycles. The van der Waals surface area contributed by atoms with Gasteiger partial charge in [0.05, 0.1) is 5.69 Å². The Labute approximate surface area is 132 Å². The van der Waals surface area contributed by atoms with Crippen molar-refractivity contribution in [2.45, 2.75) is 12.3 Å². The summed E-state index contributed by atoms with van der Waals surface area (Å²) in [4.78, 5) is 8.43. The molecule has 0 fully saturated rings. The van der Waals surface area contributed by atoms with E-state index in [-0.39, 0.29) is 0 Å². The van der Waals surface area contributed by atoms with Gasteiger partial charge < -0.3 is 0 Å². The average molecular weight is 336 g/mol. The van der Waals surface area contributed by atoms with Crippen molar-refractivity contribution in [2.75, 3.05) is 0 Å². The summed E-state index contributed by atoms with van der Waals surface area (Å²) < 4.78 is 1.11. The lowest BCUT2D eigenvalue weighted by atomic mass is 9.78. The third-order valence-electron chi connectivity index (χ3n) is 4.01. The molecule has 1 radical (unpaired) electrons. The van der Waals surface area contributed by atoms with E-state index in [1.807, 2.05) is 6.20 Å². The van der Waals surface area contributed by atoms with Crippen molar-refractivity contribution in [3.63, 3.8) is 0 Å². The van der Waals surface area contributed by atoms with Gasteiger partial charge in [-0.05, 0) is 35.2 Å². The maximum Gasteiger partial charge on any atom is 0.198 e. The Morgan fingerprint density at radius 3 is 2.90 bits per heavy atom. The van der Waals surface area contributed by atoms with Crippen molar-refractivity contribution in [2.24, 2.45) is 0 Å². The van der Waals surface area contributed by atoms with E-state index in [1.54, 1.807) is 0 Å². The molecule has 0 amide bonds. The first kappa shape index (κ1) is 12.7. The summed E-state index contributed by atoms with van der Waals surface area (Å²) >= 11 is 3.57. The summed E-state index contributed by atoms with van der Waals surface area (Å²) in [6.45, 7) is 0. The molecule has 0 N–H and O–H groups in total. The van der Waals surface area contributed by atoms with Gasteiger partial charge in [0.1, 0.15) is 0 Å². The van der Waals surface area contributed by atoms with Crippen LogP contribution in [0.3, 0.4) is 0 Å². The van der Waals surface area contributed by atoms with Gasteiger partial charge in [-0.15, -0.1) is 0 Å². The highest BCUT2D eigenvalue weighted by molar-refractivity contribution is 9.10. The van der Waals surface area contributed by atoms with E-state index in [0.717, 1.165) is 16.6 Å². The molecule has 3 heteroatoms. The lowest BCUT2D eigenvalue weighted by molar-refractivity contribution is 0.780. The molecule has 2 nitrogen and oxygen atoms in total. The van der Waals surface area contributed by atoms with E-state index < -0.39 is 0 Å². The van der Waals surface area contributed by atoms with E-state index in [0.29, 0.717) is 5.92 Å². The van der Waals surface area contributed by atoms with Crippen LogP contribution in [0.5, 0.6) is 0 Å². The number of hydrogen-bond donors (Lipinski definition) is 0. The summed E-state index contributed by atoms with van der Waals surface area (Å²) in [6.07, 6.45) is 5.54. The number of fused-ring (bicyclic) bond motifs is 3. The first-order valence-electron chi connectivity index (χ1n) is 6.89. The molecular formula is C18H12BrN2. The summed E-state index contributed by atoms with van der Waals surface area (Å²) in [6, 6.07) is 17.0. The molecule has 0 bridgehead atoms. The predicted molar refractivity (Wildman–Crippen MR) is 86.0 cm³/mol. The van der Waals surface area contributed by atoms with E-state index in [9.17, 15) is 0 Å². The molecule has 101 valence electrons. The van der Waals surface area contributed by atoms with Crippen LogP contribution in [-0.4, -0.2) is 9.97 Å². The van der Waals surface area contributed by atoms with Crippen LogP contribution in [0.1, 0.15) is 22.6 Å². The molecule has 1 unspecified atom stereocenters. The van der Waals surface area contributed by atoms with Gasteiger partial charge in [-0.1, -0.05) is 52.3 Å². The van der Waals surface area contributed by atoms with Crippen LogP contribution >= 0.6 is 15.9 Å². The molecule has 1 heterocycles. The van der Waals surface area contributed by atoms with Crippen LogP contribution < -0.4 is 0 Å². The normalized spacial score (nSPS) is 16.1. The number of nitrogens with zero attached hydrogens (tertiary/aromatic N) is 2. The topological polar surface area (TPSA) is 25.8 Å². The van der Waals surface area contributed by atoms with E-state index in [2.05, 4.69) is 80.8 Å². The lowest BCUT2D eigenvalue weighted by Gasteiger charge is -2.27. The smallest absolute Gasteiger partial charge is 0.198 e. The SMILES string of the molecule is Brc1cccc(C2Cc3cn[c]nc3-c3ccccc32)c1. The molecule has 2 aromatic carbocycles. The number of aromatic nitrogens is 2. The second-order valence-electron chi connectivity index (χ2n) is 5.24. The number of halogens is 1. The standard InChI is InChI=1S/C18H12BrN2/c19-14-5-3-4-12(8-14)17-9-13-10-20-11-21-18(13)16-7-2-1-6-15(16)17/h1-8,10,17H,9H2. The van der Waals surface area contributed by atoms with E-state index in [1.165, 1.54) is 22.3 Å². The monoisotopic (exact) mass is 335 g/mol. The minimum atomic E-state index is 0.345. The minimum absolute atomic E-state index is 0.345. The van der Waals surface area contributed by atoms with Crippen molar-refractivity contribution in [3.05, 3.63) is 82.2 Å². The molecule has 1 aliphatic carbocycles. The first-order valence-corrected chi connectivity index (χ1v) is 7.69. The zero-order valence-electron chi connectivity index (χ0n) is 11.3. The molecule has 1 aromatic heterocycles. The molecule has 3 aromatic rings. The maximum absolute atomic E-state index is 4.36. The summed E-state index contributed by atoms with van der Waals surface area (Å²) in [5.41, 5.74) is 6.05. The van der Waals surface area contributed by atoms with Gasteiger partial charge >= 0.3 is 0 Å². The molecule has 1 atom stereocenters. The van der Waals surface area contributed by atoms with Gasteiger partial charge in [0.25, 0.3) is 0 Å². The highest BCUT2D eigenvalue weighted by Crippen LogP contribution is 2.41. The molecule has 4 rings (SSSR count). The van der Waals surface area contributed by atoms with Gasteiger partial charge in [-0.3, -0.25) is 0 Å². The lowest BCUT2D eigenvalue weighted by Crippen LogP contribution is -2.14. The Morgan fingerprint density at radius 1 is 1.10 bits per heavy atom. The predicted octanol–water partition coefficient (Wildman–Crippen LogP) is 4.39. The van der Waals surface area contributed by atoms with Gasteiger partial charge in [0.15, 0.2) is 6.33 Å². The highest BCUT2D eigenvalue weighted by atomic mass is 79.9. The summed E-state index contributed by atoms with van der Waals surface area (Å²) in [7, 11) is 0. The van der Waals surface area contributed by atoms with Crippen molar-refractivity contribution in [1.82, 2.24) is 9.97 Å². The first-order chi connectivity index (χ1) is 10.3. The molecule has 1 aliphatic rings. The largest absolute Gasteiger partial charge is 0.233 e. The third-order valence-corrected chi connectivity index (χ3v) is 4.50. The molecular weight excluding hydrogens is 324 g/mol. The maximum atomic E-state index is 4.36. The molecule has 0 spiro atoms. The molecule has 0 saturated heterocycles. The Kier molecular flexibility index (Phi) is 3.08. The van der Waals surface area contributed by atoms with Crippen molar-refractivity contribution in [1.29, 1.82) is 0 Å². The Balaban J connectivity index is 1.92. The van der Waals surface area contributed by atoms with Crippen molar-refractivity contribution < 1.29 is 0 Å². The van der Waals surface area contributed by atoms with Crippen LogP contribution in [0.4, 0.5) is 0 Å². The fourth-order valence-electron chi connectivity index (χ4n) is 3.07. The van der Waals surface area contributed by atoms with E-state index in [4.69, 9.17) is 0 Å². The Bertz CT molecular complexity index is 814. The average Bonchev–Trinajstić information content (AvgIpc) is 2.54. The Morgan fingerprint density at radius 2 is 2.00 bits per heavy atom. The molecule has 0 saturated carbocycles. The van der Waals surface area contributed by atoms with Crippen molar-refractivity contribution >= 4 is 15.9 Å². The second-order valence-corrected chi connectivity index (χ2v) is 6.16. The van der Waals surface area contributed by atoms with Crippen LogP contribution in [-0.2, 0) is 6.42 Å². The van der Waals surface area contributed by atoms with Gasteiger partial charge in [0.2, 0.25) is 0 Å². The third kappa shape index (κ3) is 2.18. The highest BCUT2D eigenvalue weighted by Gasteiger charge is 2.26. The van der Waals surface area contributed by atoms with Gasteiger partial charge in [-0.2, -0.15) is 0 Å². The van der Waals surface area contributed by atoms with E-state index >= 15 is 0 Å². The number of benzene rings is 2. The van der Waals surface area contributed by atoms with Gasteiger partial charge in [0, 0.05) is 22.2 Å². The minimum Gasteiger partial charge on any atom is -0.233 e. The van der Waals surface area contributed by atoms with Crippen LogP contribution in [0.25, 0.3) is 11.3 Å². The zero-order valence-corrected chi connectivity index (χ0v) is 12.8. The summed E-state index contributed by atoms with van der Waals surface area (Å²) in [5, 5.41) is 0. The van der Waals surface area contributed by atoms with Crippen LogP contribution in [0, 0.1) is 6.33 Å². The number of rotatable bonds is 1. The van der Waals surface area contributed by atoms with Crippen LogP contribution in [0.2, 0.25) is 0 Å². The number of hydrogen-bond acceptors (Lipinski definition) is 2.